The van der Waals surface area contributed by atoms with E-state index in [0.29, 0.717) is 73.8 Å². The monoisotopic (exact) mass is 540 g/mol. The van der Waals surface area contributed by atoms with Crippen LogP contribution in [0.15, 0.2) is 36.2 Å². The van der Waals surface area contributed by atoms with Crippen LogP contribution in [0.25, 0.3) is 0 Å². The highest BCUT2D eigenvalue weighted by atomic mass is 19.1. The number of Topliss-reactive ketones (excluding diaryl/α,β-unsaturated/α-hetero) is 1. The van der Waals surface area contributed by atoms with Crippen molar-refractivity contribution in [2.75, 3.05) is 59.5 Å². The number of aliphatic hydroxyl groups is 1. The van der Waals surface area contributed by atoms with E-state index >= 15 is 4.39 Å². The van der Waals surface area contributed by atoms with Gasteiger partial charge < -0.3 is 20.1 Å². The van der Waals surface area contributed by atoms with Crippen LogP contribution in [-0.4, -0.2) is 71.9 Å². The molecule has 5 heterocycles. The molecule has 39 heavy (non-hydrogen) atoms. The topological polar surface area (TPSA) is 101 Å². The molecule has 1 amide bonds. The number of carbonyl (C=O) groups excluding carboxylic acids is 2. The van der Waals surface area contributed by atoms with Crippen molar-refractivity contribution in [3.05, 3.63) is 53.4 Å². The summed E-state index contributed by atoms with van der Waals surface area (Å²) in [5, 5.41) is 18.0. The fraction of sp³-hybridized carbons (Fsp3) is 0.444. The molecule has 3 saturated heterocycles. The van der Waals surface area contributed by atoms with Crippen molar-refractivity contribution in [2.45, 2.75) is 38.2 Å². The molecule has 0 unspecified atom stereocenters. The second-order valence-electron chi connectivity index (χ2n) is 10.4. The number of nitrogens with one attached hydrogen (secondary N) is 1. The van der Waals surface area contributed by atoms with Gasteiger partial charge in [0.15, 0.2) is 23.2 Å². The first-order valence-electron chi connectivity index (χ1n) is 13.2. The number of amides is 1. The summed E-state index contributed by atoms with van der Waals surface area (Å²) in [6, 6.07) is 6.01. The number of hydrogen-bond donors (Lipinski definition) is 2. The summed E-state index contributed by atoms with van der Waals surface area (Å²) in [6.45, 7) is 4.54. The summed E-state index contributed by atoms with van der Waals surface area (Å²) in [6.07, 6.45) is 2.65. The van der Waals surface area contributed by atoms with Crippen molar-refractivity contribution < 1.29 is 28.2 Å². The summed E-state index contributed by atoms with van der Waals surface area (Å²) < 4.78 is 34.9. The van der Waals surface area contributed by atoms with Crippen molar-refractivity contribution in [1.29, 1.82) is 0 Å². The van der Waals surface area contributed by atoms with E-state index in [4.69, 9.17) is 4.74 Å². The highest BCUT2D eigenvalue weighted by molar-refractivity contribution is 5.99. The predicted molar refractivity (Wildman–Crippen MR) is 140 cm³/mol. The Morgan fingerprint density at radius 1 is 1.10 bits per heavy atom. The molecule has 0 radical (unpaired) electrons. The largest absolute Gasteiger partial charge is 0.447 e. The Morgan fingerprint density at radius 2 is 1.87 bits per heavy atom. The number of nitrogens with zero attached hydrogens (tertiary/aromatic N) is 5. The summed E-state index contributed by atoms with van der Waals surface area (Å²) in [5.41, 5.74) is 0.697. The van der Waals surface area contributed by atoms with Crippen LogP contribution in [0.5, 0.6) is 0 Å². The maximum absolute atomic E-state index is 15.2. The Labute approximate surface area is 224 Å². The minimum absolute atomic E-state index is 0.153. The van der Waals surface area contributed by atoms with Gasteiger partial charge in [-0.05, 0) is 43.4 Å². The highest BCUT2D eigenvalue weighted by Crippen LogP contribution is 2.38. The molecule has 0 bridgehead atoms. The van der Waals surface area contributed by atoms with E-state index in [-0.39, 0.29) is 18.2 Å². The molecule has 4 aliphatic heterocycles. The third-order valence-electron chi connectivity index (χ3n) is 7.75. The Kier molecular flexibility index (Phi) is 6.38. The first-order chi connectivity index (χ1) is 18.7. The van der Waals surface area contributed by atoms with E-state index in [9.17, 15) is 19.1 Å². The Hall–Kier alpha value is -3.77. The van der Waals surface area contributed by atoms with E-state index in [1.165, 1.54) is 24.0 Å². The van der Waals surface area contributed by atoms with Crippen LogP contribution in [0, 0.1) is 11.6 Å². The van der Waals surface area contributed by atoms with E-state index in [1.807, 2.05) is 9.91 Å². The van der Waals surface area contributed by atoms with Crippen LogP contribution in [0.1, 0.15) is 31.7 Å². The van der Waals surface area contributed by atoms with Crippen LogP contribution in [0.3, 0.4) is 0 Å². The highest BCUT2D eigenvalue weighted by Gasteiger charge is 2.36. The van der Waals surface area contributed by atoms with Crippen LogP contribution in [-0.2, 0) is 16.0 Å². The third kappa shape index (κ3) is 5.01. The lowest BCUT2D eigenvalue weighted by molar-refractivity contribution is -0.113. The lowest BCUT2D eigenvalue weighted by Crippen LogP contribution is -2.45. The number of aryl methyl sites for hydroxylation is 1. The molecule has 6 rings (SSSR count). The molecule has 2 aromatic rings. The van der Waals surface area contributed by atoms with Gasteiger partial charge in [0.1, 0.15) is 18.1 Å². The average Bonchev–Trinajstić information content (AvgIpc) is 3.67. The summed E-state index contributed by atoms with van der Waals surface area (Å²) in [5.74, 6) is -0.368. The molecule has 0 saturated carbocycles. The number of anilines is 4. The van der Waals surface area contributed by atoms with Gasteiger partial charge in [-0.2, -0.15) is 0 Å². The zero-order chi connectivity index (χ0) is 27.3. The quantitative estimate of drug-likeness (QED) is 0.513. The number of hydrazine groups is 1. The molecular formula is C27H30F2N6O4. The molecule has 3 fully saturated rings. The minimum atomic E-state index is -1.02. The van der Waals surface area contributed by atoms with Crippen molar-refractivity contribution in [3.63, 3.8) is 0 Å². The Bertz CT molecular complexity index is 1360. The average molecular weight is 541 g/mol. The SMILES string of the molecule is CC(=O)C1=CN(N2CC2)c2nc(N3CCC(O)(CCc4ccc(N5CCOC5=O)cc4F)CC3)c(F)cc2N1. The first-order valence-corrected chi connectivity index (χ1v) is 13.2. The van der Waals surface area contributed by atoms with E-state index in [2.05, 4.69) is 10.3 Å². The molecule has 4 aliphatic rings. The molecule has 2 N–H and O–H groups in total. The smallest absolute Gasteiger partial charge is 0.414 e. The van der Waals surface area contributed by atoms with E-state index in [1.54, 1.807) is 23.3 Å². The van der Waals surface area contributed by atoms with Gasteiger partial charge in [-0.15, -0.1) is 0 Å². The van der Waals surface area contributed by atoms with Gasteiger partial charge in [0.2, 0.25) is 0 Å². The number of benzene rings is 1. The Morgan fingerprint density at radius 3 is 2.51 bits per heavy atom. The van der Waals surface area contributed by atoms with Crippen LogP contribution >= 0.6 is 0 Å². The van der Waals surface area contributed by atoms with Gasteiger partial charge in [0.05, 0.1) is 29.7 Å². The second-order valence-corrected chi connectivity index (χ2v) is 10.4. The second kappa shape index (κ2) is 9.76. The number of cyclic esters (lactones) is 1. The zero-order valence-electron chi connectivity index (χ0n) is 21.6. The molecule has 0 atom stereocenters. The number of ether oxygens (including phenoxy) is 1. The number of halogens is 2. The number of pyridine rings is 1. The molecule has 0 spiro atoms. The van der Waals surface area contributed by atoms with Crippen molar-refractivity contribution in [1.82, 2.24) is 9.99 Å². The zero-order valence-corrected chi connectivity index (χ0v) is 21.6. The van der Waals surface area contributed by atoms with E-state index in [0.717, 1.165) is 13.1 Å². The van der Waals surface area contributed by atoms with Crippen molar-refractivity contribution in [3.8, 4) is 0 Å². The molecule has 1 aromatic heterocycles. The molecule has 0 aliphatic carbocycles. The normalized spacial score (nSPS) is 20.4. The predicted octanol–water partition coefficient (Wildman–Crippen LogP) is 3.17. The van der Waals surface area contributed by atoms with Gasteiger partial charge in [-0.25, -0.2) is 23.6 Å². The number of allylic oxidation sites excluding steroid dienone is 1. The van der Waals surface area contributed by atoms with E-state index < -0.39 is 23.3 Å². The summed E-state index contributed by atoms with van der Waals surface area (Å²) >= 11 is 0. The molecule has 206 valence electrons. The molecule has 1 aromatic carbocycles. The lowest BCUT2D eigenvalue weighted by Gasteiger charge is -2.39. The van der Waals surface area contributed by atoms with Crippen molar-refractivity contribution >= 4 is 34.9 Å². The fourth-order valence-corrected chi connectivity index (χ4v) is 5.26. The van der Waals surface area contributed by atoms with Gasteiger partial charge in [-0.1, -0.05) is 6.07 Å². The standard InChI is InChI=1S/C27H30F2N6O4/c1-17(36)23-16-35(33-10-11-33)25-22(30-23)15-21(29)24(31-25)32-8-6-27(38,7-9-32)5-4-18-2-3-19(14-20(18)28)34-12-13-39-26(34)37/h2-3,14-16,30,38H,4-13H2,1H3. The third-order valence-corrected chi connectivity index (χ3v) is 7.75. The number of fused-ring (bicyclic) bond motifs is 1. The summed E-state index contributed by atoms with van der Waals surface area (Å²) in [7, 11) is 0. The van der Waals surface area contributed by atoms with Gasteiger partial charge >= 0.3 is 6.09 Å². The number of aromatic nitrogens is 1. The maximum Gasteiger partial charge on any atom is 0.414 e. The van der Waals surface area contributed by atoms with Gasteiger partial charge in [0.25, 0.3) is 0 Å². The number of rotatable bonds is 7. The van der Waals surface area contributed by atoms with Crippen molar-refractivity contribution in [2.24, 2.45) is 0 Å². The molecular weight excluding hydrogens is 510 g/mol. The lowest BCUT2D eigenvalue weighted by atomic mass is 9.85. The number of piperidine rings is 1. The molecule has 10 nitrogen and oxygen atoms in total. The van der Waals surface area contributed by atoms with Crippen LogP contribution in [0.2, 0.25) is 0 Å². The van der Waals surface area contributed by atoms with Crippen LogP contribution < -0.4 is 20.1 Å². The Balaban J connectivity index is 1.11. The fourth-order valence-electron chi connectivity index (χ4n) is 5.26. The number of ketones is 1. The summed E-state index contributed by atoms with van der Waals surface area (Å²) in [4.78, 5) is 31.5. The number of hydrogen-bond acceptors (Lipinski definition) is 9. The first kappa shape index (κ1) is 25.5. The molecule has 12 heteroatoms. The van der Waals surface area contributed by atoms with Gasteiger partial charge in [0, 0.05) is 39.2 Å². The number of carbonyl (C=O) groups is 2. The minimum Gasteiger partial charge on any atom is -0.447 e. The van der Waals surface area contributed by atoms with Gasteiger partial charge in [-0.3, -0.25) is 14.7 Å². The van der Waals surface area contributed by atoms with Crippen LogP contribution in [0.4, 0.5) is 36.6 Å². The maximum atomic E-state index is 15.2.